The summed E-state index contributed by atoms with van der Waals surface area (Å²) in [5, 5.41) is 0. The number of aromatic nitrogens is 1. The Morgan fingerprint density at radius 1 is 1.44 bits per heavy atom. The van der Waals surface area contributed by atoms with Gasteiger partial charge in [-0.2, -0.15) is 0 Å². The van der Waals surface area contributed by atoms with Gasteiger partial charge in [0.15, 0.2) is 0 Å². The van der Waals surface area contributed by atoms with E-state index in [0.717, 1.165) is 24.1 Å². The maximum absolute atomic E-state index is 5.64. The van der Waals surface area contributed by atoms with E-state index in [1.807, 2.05) is 31.2 Å². The molecule has 1 aromatic rings. The molecule has 0 fully saturated rings. The van der Waals surface area contributed by atoms with Gasteiger partial charge in [0.1, 0.15) is 6.61 Å². The molecule has 0 saturated heterocycles. The number of nitrogens with two attached hydrogens (primary N) is 1. The molecule has 0 aliphatic carbocycles. The molecule has 0 spiro atoms. The Bertz CT molecular complexity index is 348. The summed E-state index contributed by atoms with van der Waals surface area (Å²) in [7, 11) is 0. The highest BCUT2D eigenvalue weighted by molar-refractivity contribution is 5.25. The zero-order valence-electron chi connectivity index (χ0n) is 10.1. The lowest BCUT2D eigenvalue weighted by Crippen LogP contribution is -2.03. The standard InChI is InChI=1S/C13H20N2O/c1-3-5-7-16-13-9-11(10-14)8-12(15-13)6-4-2/h3,5,8-9H,4,6-7,10,14H2,1-2H3/b5-3+. The van der Waals surface area contributed by atoms with Crippen LogP contribution in [0.15, 0.2) is 24.3 Å². The van der Waals surface area contributed by atoms with Gasteiger partial charge in [-0.3, -0.25) is 0 Å². The van der Waals surface area contributed by atoms with E-state index >= 15 is 0 Å². The Morgan fingerprint density at radius 3 is 2.88 bits per heavy atom. The van der Waals surface area contributed by atoms with Crippen LogP contribution in [0.1, 0.15) is 31.5 Å². The first-order valence-corrected chi connectivity index (χ1v) is 5.74. The average molecular weight is 220 g/mol. The Labute approximate surface area is 97.3 Å². The highest BCUT2D eigenvalue weighted by atomic mass is 16.5. The molecule has 0 aromatic carbocycles. The van der Waals surface area contributed by atoms with Crippen LogP contribution in [0.4, 0.5) is 0 Å². The SMILES string of the molecule is C/C=C/COc1cc(CN)cc(CCC)n1. The van der Waals surface area contributed by atoms with E-state index in [2.05, 4.69) is 11.9 Å². The molecule has 0 aliphatic heterocycles. The highest BCUT2D eigenvalue weighted by Gasteiger charge is 2.02. The minimum absolute atomic E-state index is 0.527. The van der Waals surface area contributed by atoms with Crippen LogP contribution in [0, 0.1) is 0 Å². The molecule has 1 rings (SSSR count). The Morgan fingerprint density at radius 2 is 2.25 bits per heavy atom. The third-order valence-electron chi connectivity index (χ3n) is 2.22. The smallest absolute Gasteiger partial charge is 0.214 e. The number of rotatable bonds is 6. The van der Waals surface area contributed by atoms with Crippen molar-refractivity contribution >= 4 is 0 Å². The maximum Gasteiger partial charge on any atom is 0.214 e. The van der Waals surface area contributed by atoms with Crippen LogP contribution in [0.2, 0.25) is 0 Å². The predicted molar refractivity (Wildman–Crippen MR) is 66.4 cm³/mol. The van der Waals surface area contributed by atoms with Crippen LogP contribution >= 0.6 is 0 Å². The molecule has 0 amide bonds. The predicted octanol–water partition coefficient (Wildman–Crippen LogP) is 2.45. The van der Waals surface area contributed by atoms with Crippen molar-refractivity contribution in [3.05, 3.63) is 35.5 Å². The molecular formula is C13H20N2O. The normalized spacial score (nSPS) is 10.9. The number of hydrogen-bond donors (Lipinski definition) is 1. The van der Waals surface area contributed by atoms with E-state index in [-0.39, 0.29) is 0 Å². The summed E-state index contributed by atoms with van der Waals surface area (Å²) in [6.07, 6.45) is 5.96. The van der Waals surface area contributed by atoms with Gasteiger partial charge in [-0.1, -0.05) is 25.5 Å². The van der Waals surface area contributed by atoms with E-state index in [9.17, 15) is 0 Å². The van der Waals surface area contributed by atoms with Crippen molar-refractivity contribution in [2.75, 3.05) is 6.61 Å². The molecule has 2 N–H and O–H groups in total. The number of pyridine rings is 1. The first kappa shape index (κ1) is 12.7. The van der Waals surface area contributed by atoms with Crippen LogP contribution < -0.4 is 10.5 Å². The summed E-state index contributed by atoms with van der Waals surface area (Å²) in [5.41, 5.74) is 7.78. The lowest BCUT2D eigenvalue weighted by molar-refractivity contribution is 0.346. The minimum atomic E-state index is 0.527. The summed E-state index contributed by atoms with van der Waals surface area (Å²) < 4.78 is 5.52. The van der Waals surface area contributed by atoms with Crippen molar-refractivity contribution in [1.82, 2.24) is 4.98 Å². The van der Waals surface area contributed by atoms with Crippen molar-refractivity contribution in [3.8, 4) is 5.88 Å². The average Bonchev–Trinajstić information content (AvgIpc) is 2.29. The van der Waals surface area contributed by atoms with Crippen molar-refractivity contribution < 1.29 is 4.74 Å². The third-order valence-corrected chi connectivity index (χ3v) is 2.22. The molecule has 1 aromatic heterocycles. The first-order valence-electron chi connectivity index (χ1n) is 5.74. The van der Waals surface area contributed by atoms with Gasteiger partial charge >= 0.3 is 0 Å². The molecule has 0 radical (unpaired) electrons. The fourth-order valence-electron chi connectivity index (χ4n) is 1.43. The maximum atomic E-state index is 5.64. The van der Waals surface area contributed by atoms with Gasteiger partial charge in [-0.05, 0) is 25.0 Å². The molecule has 1 heterocycles. The van der Waals surface area contributed by atoms with Crippen LogP contribution in [0.3, 0.4) is 0 Å². The van der Waals surface area contributed by atoms with Gasteiger partial charge in [0, 0.05) is 18.3 Å². The van der Waals surface area contributed by atoms with Crippen molar-refractivity contribution in [2.24, 2.45) is 5.73 Å². The highest BCUT2D eigenvalue weighted by Crippen LogP contribution is 2.13. The molecule has 3 heteroatoms. The number of allylic oxidation sites excluding steroid dienone is 1. The fraction of sp³-hybridized carbons (Fsp3) is 0.462. The molecule has 0 atom stereocenters. The zero-order valence-corrected chi connectivity index (χ0v) is 10.1. The molecular weight excluding hydrogens is 200 g/mol. The lowest BCUT2D eigenvalue weighted by Gasteiger charge is -2.07. The number of ether oxygens (including phenoxy) is 1. The number of hydrogen-bond acceptors (Lipinski definition) is 3. The fourth-order valence-corrected chi connectivity index (χ4v) is 1.43. The Kier molecular flexibility index (Phi) is 5.57. The second-order valence-electron chi connectivity index (χ2n) is 3.64. The third kappa shape index (κ3) is 4.03. The molecule has 0 unspecified atom stereocenters. The van der Waals surface area contributed by atoms with Gasteiger partial charge in [-0.15, -0.1) is 0 Å². The van der Waals surface area contributed by atoms with E-state index in [0.29, 0.717) is 19.0 Å². The first-order chi connectivity index (χ1) is 7.80. The molecule has 16 heavy (non-hydrogen) atoms. The van der Waals surface area contributed by atoms with Gasteiger partial charge in [-0.25, -0.2) is 4.98 Å². The zero-order chi connectivity index (χ0) is 11.8. The van der Waals surface area contributed by atoms with Gasteiger partial charge in [0.2, 0.25) is 5.88 Å². The largest absolute Gasteiger partial charge is 0.473 e. The topological polar surface area (TPSA) is 48.1 Å². The minimum Gasteiger partial charge on any atom is -0.473 e. The van der Waals surface area contributed by atoms with E-state index in [1.54, 1.807) is 0 Å². The summed E-state index contributed by atoms with van der Waals surface area (Å²) in [6, 6.07) is 3.95. The van der Waals surface area contributed by atoms with E-state index in [4.69, 9.17) is 10.5 Å². The second kappa shape index (κ2) is 7.01. The van der Waals surface area contributed by atoms with Crippen LogP contribution in [0.5, 0.6) is 5.88 Å². The lowest BCUT2D eigenvalue weighted by atomic mass is 10.1. The van der Waals surface area contributed by atoms with Crippen molar-refractivity contribution in [2.45, 2.75) is 33.2 Å². The summed E-state index contributed by atoms with van der Waals surface area (Å²) in [4.78, 5) is 4.43. The quantitative estimate of drug-likeness (QED) is 0.749. The van der Waals surface area contributed by atoms with Crippen molar-refractivity contribution in [3.63, 3.8) is 0 Å². The number of aryl methyl sites for hydroxylation is 1. The summed E-state index contributed by atoms with van der Waals surface area (Å²) in [5.74, 6) is 0.671. The monoisotopic (exact) mass is 220 g/mol. The van der Waals surface area contributed by atoms with Gasteiger partial charge < -0.3 is 10.5 Å². The van der Waals surface area contributed by atoms with Gasteiger partial charge in [0.05, 0.1) is 0 Å². The molecule has 0 aliphatic rings. The van der Waals surface area contributed by atoms with E-state index < -0.39 is 0 Å². The Hall–Kier alpha value is -1.35. The Balaban J connectivity index is 2.77. The summed E-state index contributed by atoms with van der Waals surface area (Å²) in [6.45, 7) is 5.19. The summed E-state index contributed by atoms with van der Waals surface area (Å²) >= 11 is 0. The van der Waals surface area contributed by atoms with Crippen molar-refractivity contribution in [1.29, 1.82) is 0 Å². The number of nitrogens with zero attached hydrogens (tertiary/aromatic N) is 1. The van der Waals surface area contributed by atoms with Crippen LogP contribution in [0.25, 0.3) is 0 Å². The molecule has 88 valence electrons. The van der Waals surface area contributed by atoms with Gasteiger partial charge in [0.25, 0.3) is 0 Å². The second-order valence-corrected chi connectivity index (χ2v) is 3.64. The molecule has 0 bridgehead atoms. The van der Waals surface area contributed by atoms with Crippen LogP contribution in [-0.4, -0.2) is 11.6 Å². The molecule has 0 saturated carbocycles. The molecule has 3 nitrogen and oxygen atoms in total. The van der Waals surface area contributed by atoms with E-state index in [1.165, 1.54) is 0 Å². The van der Waals surface area contributed by atoms with Crippen LogP contribution in [-0.2, 0) is 13.0 Å².